The van der Waals surface area contributed by atoms with Gasteiger partial charge in [-0.2, -0.15) is 0 Å². The van der Waals surface area contributed by atoms with E-state index in [1.807, 2.05) is 27.7 Å². The smallest absolute Gasteiger partial charge is 0.399 e. The molecule has 1 aliphatic rings. The van der Waals surface area contributed by atoms with Crippen molar-refractivity contribution in [3.63, 3.8) is 0 Å². The van der Waals surface area contributed by atoms with Gasteiger partial charge in [-0.15, -0.1) is 0 Å². The molecule has 1 aromatic heterocycles. The third-order valence-electron chi connectivity index (χ3n) is 3.47. The molecule has 0 atom stereocenters. The monoisotopic (exact) mass is 299 g/mol. The van der Waals surface area contributed by atoms with E-state index < -0.39 is 28.3 Å². The summed E-state index contributed by atoms with van der Waals surface area (Å²) in [5, 5.41) is 0. The molecule has 0 aromatic carbocycles. The molecule has 2 heterocycles. The Morgan fingerprint density at radius 1 is 1.10 bits per heavy atom. The van der Waals surface area contributed by atoms with E-state index in [2.05, 4.69) is 14.7 Å². The van der Waals surface area contributed by atoms with Crippen molar-refractivity contribution in [3.8, 4) is 0 Å². The Bertz CT molecular complexity index is 585. The van der Waals surface area contributed by atoms with Crippen LogP contribution < -0.4 is 10.2 Å². The maximum absolute atomic E-state index is 11.1. The highest BCUT2D eigenvalue weighted by molar-refractivity contribution is 7.91. The number of sulfonamides is 1. The van der Waals surface area contributed by atoms with E-state index >= 15 is 0 Å². The average Bonchev–Trinajstić information content (AvgIpc) is 2.47. The Balaban J connectivity index is 2.16. The summed E-state index contributed by atoms with van der Waals surface area (Å²) in [4.78, 5) is 7.89. The highest BCUT2D eigenvalue weighted by Gasteiger charge is 2.51. The fraction of sp³-hybridized carbons (Fsp3) is 0.636. The lowest BCUT2D eigenvalue weighted by Crippen LogP contribution is -2.41. The van der Waals surface area contributed by atoms with Crippen LogP contribution in [0.15, 0.2) is 12.4 Å². The first kappa shape index (κ1) is 15.2. The summed E-state index contributed by atoms with van der Waals surface area (Å²) >= 11 is 0. The van der Waals surface area contributed by atoms with Crippen LogP contribution in [0.5, 0.6) is 0 Å². The molecular formula is C11H18BN3O4S. The summed E-state index contributed by atoms with van der Waals surface area (Å²) in [7, 11) is -3.95. The van der Waals surface area contributed by atoms with Crippen LogP contribution in [0.25, 0.3) is 0 Å². The Labute approximate surface area is 119 Å². The molecular weight excluding hydrogens is 281 g/mol. The first-order chi connectivity index (χ1) is 9.00. The van der Waals surface area contributed by atoms with E-state index in [1.54, 1.807) is 0 Å². The van der Waals surface area contributed by atoms with Crippen molar-refractivity contribution >= 4 is 28.6 Å². The highest BCUT2D eigenvalue weighted by atomic mass is 32.2. The molecule has 110 valence electrons. The maximum atomic E-state index is 11.1. The van der Waals surface area contributed by atoms with E-state index in [4.69, 9.17) is 9.31 Å². The Hall–Kier alpha value is -1.19. The van der Waals surface area contributed by atoms with Gasteiger partial charge in [0.1, 0.15) is 0 Å². The molecule has 0 aliphatic carbocycles. The van der Waals surface area contributed by atoms with Crippen LogP contribution in [0.1, 0.15) is 27.7 Å². The van der Waals surface area contributed by atoms with Gasteiger partial charge < -0.3 is 9.31 Å². The minimum Gasteiger partial charge on any atom is -0.399 e. The molecule has 1 saturated heterocycles. The maximum Gasteiger partial charge on any atom is 0.498 e. The standard InChI is InChI=1S/C11H18BN3O4S/c1-10(2)11(3,4)19-12(18-10)8-6-13-9(14-7-8)15-20(5,16)17/h6-7H,1-5H3,(H,13,14,15). The minimum atomic E-state index is -3.38. The van der Waals surface area contributed by atoms with Gasteiger partial charge in [0.15, 0.2) is 0 Å². The zero-order chi connectivity index (χ0) is 15.2. The molecule has 0 unspecified atom stereocenters. The third kappa shape index (κ3) is 3.10. The van der Waals surface area contributed by atoms with Crippen molar-refractivity contribution in [1.82, 2.24) is 9.97 Å². The molecule has 1 aliphatic heterocycles. The molecule has 2 rings (SSSR count). The number of anilines is 1. The number of hydrogen-bond acceptors (Lipinski definition) is 6. The molecule has 20 heavy (non-hydrogen) atoms. The van der Waals surface area contributed by atoms with Crippen LogP contribution in [0.3, 0.4) is 0 Å². The van der Waals surface area contributed by atoms with Gasteiger partial charge in [0.2, 0.25) is 16.0 Å². The predicted octanol–water partition coefficient (Wildman–Crippen LogP) is 0.147. The molecule has 0 saturated carbocycles. The van der Waals surface area contributed by atoms with E-state index in [9.17, 15) is 8.42 Å². The predicted molar refractivity (Wildman–Crippen MR) is 76.2 cm³/mol. The van der Waals surface area contributed by atoms with Crippen molar-refractivity contribution in [1.29, 1.82) is 0 Å². The van der Waals surface area contributed by atoms with Crippen molar-refractivity contribution in [3.05, 3.63) is 12.4 Å². The molecule has 0 amide bonds. The lowest BCUT2D eigenvalue weighted by atomic mass is 9.81. The topological polar surface area (TPSA) is 90.4 Å². The van der Waals surface area contributed by atoms with Crippen LogP contribution in [0.2, 0.25) is 0 Å². The molecule has 7 nitrogen and oxygen atoms in total. The van der Waals surface area contributed by atoms with Gasteiger partial charge in [-0.05, 0) is 27.7 Å². The van der Waals surface area contributed by atoms with Gasteiger partial charge in [-0.3, -0.25) is 4.72 Å². The molecule has 0 spiro atoms. The average molecular weight is 299 g/mol. The molecule has 1 fully saturated rings. The number of aromatic nitrogens is 2. The summed E-state index contributed by atoms with van der Waals surface area (Å²) < 4.78 is 36.0. The number of rotatable bonds is 3. The second-order valence-corrected chi connectivity index (χ2v) is 7.55. The quantitative estimate of drug-likeness (QED) is 0.799. The van der Waals surface area contributed by atoms with E-state index in [1.165, 1.54) is 12.4 Å². The van der Waals surface area contributed by atoms with Crippen molar-refractivity contribution in [2.75, 3.05) is 11.0 Å². The molecule has 1 N–H and O–H groups in total. The van der Waals surface area contributed by atoms with E-state index in [0.29, 0.717) is 5.46 Å². The van der Waals surface area contributed by atoms with Crippen LogP contribution in [-0.2, 0) is 19.3 Å². The number of nitrogens with one attached hydrogen (secondary N) is 1. The van der Waals surface area contributed by atoms with Crippen molar-refractivity contribution in [2.45, 2.75) is 38.9 Å². The molecule has 9 heteroatoms. The Morgan fingerprint density at radius 2 is 1.55 bits per heavy atom. The second kappa shape index (κ2) is 4.68. The summed E-state index contributed by atoms with van der Waals surface area (Å²) in [5.74, 6) is 0.0211. The Kier molecular flexibility index (Phi) is 3.56. The van der Waals surface area contributed by atoms with Crippen molar-refractivity contribution in [2.24, 2.45) is 0 Å². The molecule has 1 aromatic rings. The van der Waals surface area contributed by atoms with E-state index in [0.717, 1.165) is 6.26 Å². The highest BCUT2D eigenvalue weighted by Crippen LogP contribution is 2.36. The normalized spacial score (nSPS) is 20.9. The largest absolute Gasteiger partial charge is 0.498 e. The van der Waals surface area contributed by atoms with Gasteiger partial charge in [-0.25, -0.2) is 18.4 Å². The van der Waals surface area contributed by atoms with Crippen molar-refractivity contribution < 1.29 is 17.7 Å². The summed E-state index contributed by atoms with van der Waals surface area (Å²) in [6.07, 6.45) is 4.02. The van der Waals surface area contributed by atoms with Crippen LogP contribution in [-0.4, -0.2) is 43.0 Å². The summed E-state index contributed by atoms with van der Waals surface area (Å²) in [6, 6.07) is 0. The van der Waals surface area contributed by atoms with Crippen LogP contribution >= 0.6 is 0 Å². The fourth-order valence-electron chi connectivity index (χ4n) is 1.66. The van der Waals surface area contributed by atoms with Gasteiger partial charge in [0, 0.05) is 17.9 Å². The van der Waals surface area contributed by atoms with Crippen LogP contribution in [0, 0.1) is 0 Å². The summed E-state index contributed by atoms with van der Waals surface area (Å²) in [5.41, 5.74) is -0.245. The SMILES string of the molecule is CC1(C)OB(c2cnc(NS(C)(=O)=O)nc2)OC1(C)C. The first-order valence-electron chi connectivity index (χ1n) is 6.15. The third-order valence-corrected chi connectivity index (χ3v) is 4.03. The minimum absolute atomic E-state index is 0.0211. The van der Waals surface area contributed by atoms with Crippen LogP contribution in [0.4, 0.5) is 5.95 Å². The first-order valence-corrected chi connectivity index (χ1v) is 8.05. The molecule has 0 radical (unpaired) electrons. The lowest BCUT2D eigenvalue weighted by Gasteiger charge is -2.32. The zero-order valence-electron chi connectivity index (χ0n) is 12.2. The van der Waals surface area contributed by atoms with Gasteiger partial charge in [0.05, 0.1) is 17.5 Å². The second-order valence-electron chi connectivity index (χ2n) is 5.80. The van der Waals surface area contributed by atoms with Gasteiger partial charge >= 0.3 is 7.12 Å². The zero-order valence-corrected chi connectivity index (χ0v) is 13.0. The van der Waals surface area contributed by atoms with Gasteiger partial charge in [0.25, 0.3) is 0 Å². The number of nitrogens with zero attached hydrogens (tertiary/aromatic N) is 2. The van der Waals surface area contributed by atoms with E-state index in [-0.39, 0.29) is 5.95 Å². The lowest BCUT2D eigenvalue weighted by molar-refractivity contribution is 0.00578. The molecule has 0 bridgehead atoms. The Morgan fingerprint density at radius 3 is 1.95 bits per heavy atom. The fourth-order valence-corrected chi connectivity index (χ4v) is 2.09. The summed E-state index contributed by atoms with van der Waals surface area (Å²) in [6.45, 7) is 7.81. The van der Waals surface area contributed by atoms with Gasteiger partial charge in [-0.1, -0.05) is 0 Å². The number of hydrogen-bond donors (Lipinski definition) is 1.